The Hall–Kier alpha value is -2.37. The summed E-state index contributed by atoms with van der Waals surface area (Å²) in [4.78, 5) is 11.5. The number of hydrogen-bond donors (Lipinski definition) is 0. The smallest absolute Gasteiger partial charge is 0.365 e. The average molecular weight is 282 g/mol. The molecule has 0 unspecified atom stereocenters. The number of carbonyl (C=O) groups excluding carboxylic acids is 1. The summed E-state index contributed by atoms with van der Waals surface area (Å²) >= 11 is 0. The number of carbonyl (C=O) groups is 1. The van der Waals surface area contributed by atoms with Gasteiger partial charge in [-0.2, -0.15) is 4.57 Å². The van der Waals surface area contributed by atoms with E-state index in [0.29, 0.717) is 0 Å². The van der Waals surface area contributed by atoms with Crippen molar-refractivity contribution in [1.29, 1.82) is 0 Å². The van der Waals surface area contributed by atoms with Gasteiger partial charge in [-0.3, -0.25) is 0 Å². The molecule has 104 valence electrons. The summed E-state index contributed by atoms with van der Waals surface area (Å²) in [6, 6.07) is 13.5. The van der Waals surface area contributed by atoms with Crippen LogP contribution in [0.5, 0.6) is 0 Å². The maximum atomic E-state index is 12.1. The second kappa shape index (κ2) is 5.73. The second-order valence-electron chi connectivity index (χ2n) is 4.03. The van der Waals surface area contributed by atoms with Crippen LogP contribution in [0.1, 0.15) is 16.1 Å². The van der Waals surface area contributed by atoms with Crippen LogP contribution >= 0.6 is 0 Å². The molecule has 0 spiro atoms. The minimum absolute atomic E-state index is 0.159. The summed E-state index contributed by atoms with van der Waals surface area (Å²) in [7, 11) is 0. The third-order valence-electron chi connectivity index (χ3n) is 2.55. The van der Waals surface area contributed by atoms with Crippen molar-refractivity contribution >= 4 is 5.97 Å². The van der Waals surface area contributed by atoms with Gasteiger partial charge in [0, 0.05) is 17.7 Å². The highest BCUT2D eigenvalue weighted by molar-refractivity contribution is 5.85. The van der Waals surface area contributed by atoms with Crippen molar-refractivity contribution < 1.29 is 27.3 Å². The van der Waals surface area contributed by atoms with Gasteiger partial charge in [0.1, 0.15) is 0 Å². The summed E-state index contributed by atoms with van der Waals surface area (Å²) in [5.74, 6) is -1.42. The van der Waals surface area contributed by atoms with Crippen LogP contribution in [0.15, 0.2) is 54.7 Å². The Labute approximate surface area is 113 Å². The van der Waals surface area contributed by atoms with Gasteiger partial charge in [-0.25, -0.2) is 4.79 Å². The molecule has 1 aromatic carbocycles. The van der Waals surface area contributed by atoms with Crippen LogP contribution in [0.3, 0.4) is 0 Å². The predicted molar refractivity (Wildman–Crippen MR) is 63.7 cm³/mol. The molecule has 0 aliphatic heterocycles. The number of ether oxygens (including phenoxy) is 1. The fourth-order valence-corrected chi connectivity index (χ4v) is 1.74. The van der Waals surface area contributed by atoms with E-state index in [1.54, 1.807) is 6.07 Å². The highest BCUT2D eigenvalue weighted by Gasteiger charge is 2.37. The van der Waals surface area contributed by atoms with Gasteiger partial charge in [-0.1, -0.05) is 30.3 Å². The zero-order valence-electron chi connectivity index (χ0n) is 10.3. The van der Waals surface area contributed by atoms with Crippen LogP contribution < -0.4 is 4.57 Å². The van der Waals surface area contributed by atoms with Gasteiger partial charge in [-0.05, 0) is 6.07 Å². The first-order valence-electron chi connectivity index (χ1n) is 5.78. The number of aromatic nitrogens is 1. The fraction of sp³-hybridized carbons (Fsp3) is 0.143. The highest BCUT2D eigenvalue weighted by atomic mass is 19.4. The molecule has 20 heavy (non-hydrogen) atoms. The molecule has 0 N–H and O–H groups in total. The van der Waals surface area contributed by atoms with Gasteiger partial charge in [-0.15, -0.1) is 13.2 Å². The highest BCUT2D eigenvalue weighted by Crippen LogP contribution is 2.17. The molecule has 0 amide bonds. The van der Waals surface area contributed by atoms with Gasteiger partial charge in [0.25, 0.3) is 5.69 Å². The molecule has 0 aliphatic rings. The standard InChI is InChI=1S/C14H11F3NO2/c15-14(16,17)20-13(19)12-8-4-5-9-18(12)10-11-6-2-1-3-7-11/h1-9H,10H2/q+1. The Balaban J connectivity index is 2.25. The fourth-order valence-electron chi connectivity index (χ4n) is 1.74. The molecular formula is C14H11F3NO2+. The minimum Gasteiger partial charge on any atom is -0.365 e. The lowest BCUT2D eigenvalue weighted by molar-refractivity contribution is -0.691. The number of rotatable bonds is 3. The molecule has 2 aromatic rings. The first-order valence-corrected chi connectivity index (χ1v) is 5.78. The van der Waals surface area contributed by atoms with E-state index in [2.05, 4.69) is 4.74 Å². The molecule has 0 atom stereocenters. The molecule has 3 nitrogen and oxygen atoms in total. The number of benzene rings is 1. The van der Waals surface area contributed by atoms with Crippen LogP contribution in [0, 0.1) is 0 Å². The van der Waals surface area contributed by atoms with Gasteiger partial charge >= 0.3 is 12.3 Å². The molecule has 0 saturated carbocycles. The van der Waals surface area contributed by atoms with E-state index < -0.39 is 12.3 Å². The molecule has 0 radical (unpaired) electrons. The third-order valence-corrected chi connectivity index (χ3v) is 2.55. The van der Waals surface area contributed by atoms with Gasteiger partial charge in [0.2, 0.25) is 0 Å². The largest absolute Gasteiger partial charge is 0.575 e. The van der Waals surface area contributed by atoms with E-state index in [1.165, 1.54) is 22.9 Å². The second-order valence-corrected chi connectivity index (χ2v) is 4.03. The summed E-state index contributed by atoms with van der Waals surface area (Å²) in [6.45, 7) is 0.282. The van der Waals surface area contributed by atoms with Gasteiger partial charge in [0.05, 0.1) is 0 Å². The Morgan fingerprint density at radius 1 is 1.05 bits per heavy atom. The molecule has 6 heteroatoms. The maximum absolute atomic E-state index is 12.1. The van der Waals surface area contributed by atoms with E-state index in [4.69, 9.17) is 0 Å². The first-order chi connectivity index (χ1) is 9.46. The van der Waals surface area contributed by atoms with E-state index in [1.807, 2.05) is 30.3 Å². The zero-order valence-corrected chi connectivity index (χ0v) is 10.3. The van der Waals surface area contributed by atoms with Crippen molar-refractivity contribution in [3.63, 3.8) is 0 Å². The van der Waals surface area contributed by atoms with Crippen LogP contribution in [-0.2, 0) is 11.3 Å². The van der Waals surface area contributed by atoms with Crippen molar-refractivity contribution in [2.45, 2.75) is 12.9 Å². The molecule has 2 rings (SSSR count). The Morgan fingerprint density at radius 3 is 2.35 bits per heavy atom. The van der Waals surface area contributed by atoms with Crippen molar-refractivity contribution in [3.05, 3.63) is 66.0 Å². The summed E-state index contributed by atoms with van der Waals surface area (Å²) in [5.41, 5.74) is 0.707. The Bertz CT molecular complexity index is 597. The lowest BCUT2D eigenvalue weighted by atomic mass is 10.2. The van der Waals surface area contributed by atoms with Crippen molar-refractivity contribution in [2.24, 2.45) is 0 Å². The van der Waals surface area contributed by atoms with E-state index in [-0.39, 0.29) is 12.2 Å². The third kappa shape index (κ3) is 3.81. The number of nitrogens with zero attached hydrogens (tertiary/aromatic N) is 1. The minimum atomic E-state index is -4.99. The molecule has 1 heterocycles. The summed E-state index contributed by atoms with van der Waals surface area (Å²) < 4.78 is 41.1. The van der Waals surface area contributed by atoms with Crippen LogP contribution in [0.25, 0.3) is 0 Å². The SMILES string of the molecule is O=C(OC(F)(F)F)c1cccc[n+]1Cc1ccccc1. The zero-order chi connectivity index (χ0) is 14.6. The first kappa shape index (κ1) is 14.0. The Morgan fingerprint density at radius 2 is 1.70 bits per heavy atom. The average Bonchev–Trinajstić information content (AvgIpc) is 2.38. The summed E-state index contributed by atoms with van der Waals surface area (Å²) in [5, 5.41) is 0. The van der Waals surface area contributed by atoms with E-state index >= 15 is 0 Å². The van der Waals surface area contributed by atoms with Gasteiger partial charge in [0.15, 0.2) is 12.7 Å². The maximum Gasteiger partial charge on any atom is 0.575 e. The predicted octanol–water partition coefficient (Wildman–Crippen LogP) is 2.70. The number of halogens is 3. The van der Waals surface area contributed by atoms with E-state index in [0.717, 1.165) is 5.56 Å². The van der Waals surface area contributed by atoms with Crippen LogP contribution in [-0.4, -0.2) is 12.3 Å². The van der Waals surface area contributed by atoms with Crippen molar-refractivity contribution in [2.75, 3.05) is 0 Å². The molecule has 0 fully saturated rings. The molecule has 1 aromatic heterocycles. The summed E-state index contributed by atoms with van der Waals surface area (Å²) in [6.07, 6.45) is -3.46. The molecule has 0 aliphatic carbocycles. The normalized spacial score (nSPS) is 11.2. The van der Waals surface area contributed by atoms with E-state index in [9.17, 15) is 18.0 Å². The quantitative estimate of drug-likeness (QED) is 0.640. The lowest BCUT2D eigenvalue weighted by Crippen LogP contribution is -2.42. The lowest BCUT2D eigenvalue weighted by Gasteiger charge is -2.07. The Kier molecular flexibility index (Phi) is 4.02. The van der Waals surface area contributed by atoms with Gasteiger partial charge < -0.3 is 4.74 Å². The number of pyridine rings is 1. The van der Waals surface area contributed by atoms with Crippen molar-refractivity contribution in [1.82, 2.24) is 0 Å². The number of alkyl halides is 3. The van der Waals surface area contributed by atoms with Crippen molar-refractivity contribution in [3.8, 4) is 0 Å². The van der Waals surface area contributed by atoms with Crippen LogP contribution in [0.4, 0.5) is 13.2 Å². The molecule has 0 bridgehead atoms. The topological polar surface area (TPSA) is 30.2 Å². The van der Waals surface area contributed by atoms with Crippen LogP contribution in [0.2, 0.25) is 0 Å². The molecular weight excluding hydrogens is 271 g/mol. The monoisotopic (exact) mass is 282 g/mol. The molecule has 0 saturated heterocycles. The number of esters is 1. The number of hydrogen-bond acceptors (Lipinski definition) is 2.